The molecular weight excluding hydrogens is 318 g/mol. The van der Waals surface area contributed by atoms with Crippen molar-refractivity contribution in [1.29, 1.82) is 0 Å². The molecule has 1 fully saturated rings. The molecule has 6 heteroatoms. The molecule has 1 saturated heterocycles. The first-order valence-corrected chi connectivity index (χ1v) is 8.41. The Labute approximate surface area is 146 Å². The fraction of sp³-hybridized carbons (Fsp3) is 0.421. The molecule has 0 aliphatic carbocycles. The molecule has 132 valence electrons. The Morgan fingerprint density at radius 2 is 1.92 bits per heavy atom. The van der Waals surface area contributed by atoms with E-state index in [-0.39, 0.29) is 23.8 Å². The summed E-state index contributed by atoms with van der Waals surface area (Å²) in [5, 5.41) is 0. The highest BCUT2D eigenvalue weighted by Crippen LogP contribution is 2.42. The number of hydrogen-bond acceptors (Lipinski definition) is 3. The molecule has 1 aromatic heterocycles. The van der Waals surface area contributed by atoms with Crippen LogP contribution in [0, 0.1) is 12.3 Å². The van der Waals surface area contributed by atoms with Gasteiger partial charge in [-0.05, 0) is 17.9 Å². The van der Waals surface area contributed by atoms with E-state index in [1.807, 2.05) is 23.1 Å². The first-order chi connectivity index (χ1) is 11.8. The van der Waals surface area contributed by atoms with Gasteiger partial charge in [-0.1, -0.05) is 44.2 Å². The Balaban J connectivity index is 1.79. The highest BCUT2D eigenvalue weighted by atomic mass is 16.2. The van der Waals surface area contributed by atoms with Gasteiger partial charge in [0, 0.05) is 30.8 Å². The molecule has 1 N–H and O–H groups in total. The molecule has 6 nitrogen and oxygen atoms in total. The van der Waals surface area contributed by atoms with Crippen molar-refractivity contribution in [3.05, 3.63) is 68.5 Å². The lowest BCUT2D eigenvalue weighted by Gasteiger charge is -2.25. The summed E-state index contributed by atoms with van der Waals surface area (Å²) in [6, 6.07) is 10.2. The second-order valence-corrected chi connectivity index (χ2v) is 7.43. The molecule has 25 heavy (non-hydrogen) atoms. The topological polar surface area (TPSA) is 75.2 Å². The maximum absolute atomic E-state index is 12.7. The average Bonchev–Trinajstić information content (AvgIpc) is 2.89. The van der Waals surface area contributed by atoms with E-state index in [9.17, 15) is 14.4 Å². The number of aryl methyl sites for hydroxylation is 1. The third-order valence-electron chi connectivity index (χ3n) is 4.99. The zero-order chi connectivity index (χ0) is 18.2. The minimum absolute atomic E-state index is 0.0388. The maximum Gasteiger partial charge on any atom is 0.328 e. The minimum atomic E-state index is -0.554. The van der Waals surface area contributed by atoms with Gasteiger partial charge in [-0.25, -0.2) is 4.79 Å². The van der Waals surface area contributed by atoms with E-state index in [1.54, 1.807) is 6.92 Å². The first kappa shape index (κ1) is 17.2. The molecule has 0 unspecified atom stereocenters. The number of likely N-dealkylation sites (tertiary alicyclic amines) is 1. The Hall–Kier alpha value is -2.63. The monoisotopic (exact) mass is 341 g/mol. The Bertz CT molecular complexity index is 896. The van der Waals surface area contributed by atoms with Gasteiger partial charge in [-0.3, -0.25) is 19.1 Å². The molecule has 1 aliphatic heterocycles. The van der Waals surface area contributed by atoms with E-state index in [1.165, 1.54) is 16.3 Å². The molecule has 0 spiro atoms. The smallest absolute Gasteiger partial charge is 0.328 e. The zero-order valence-electron chi connectivity index (χ0n) is 14.8. The molecule has 3 rings (SSSR count). The summed E-state index contributed by atoms with van der Waals surface area (Å²) in [5.41, 5.74) is 0.626. The van der Waals surface area contributed by atoms with Crippen LogP contribution in [0.25, 0.3) is 0 Å². The average molecular weight is 341 g/mol. The standard InChI is InChI=1S/C19H23N3O3/c1-13-9-21(18(25)20-17(13)24)11-16(23)22-10-15(19(2,3)12-22)14-7-5-4-6-8-14/h4-9,15H,10-12H2,1-3H3,(H,20,24,25)/t15-/m0/s1. The summed E-state index contributed by atoms with van der Waals surface area (Å²) < 4.78 is 1.27. The summed E-state index contributed by atoms with van der Waals surface area (Å²) in [6.07, 6.45) is 1.44. The Morgan fingerprint density at radius 1 is 1.24 bits per heavy atom. The number of carbonyl (C=O) groups excluding carboxylic acids is 1. The summed E-state index contributed by atoms with van der Waals surface area (Å²) in [6.45, 7) is 7.15. The minimum Gasteiger partial charge on any atom is -0.340 e. The van der Waals surface area contributed by atoms with Crippen molar-refractivity contribution in [1.82, 2.24) is 14.5 Å². The maximum atomic E-state index is 12.7. The molecule has 2 aromatic rings. The lowest BCUT2D eigenvalue weighted by Crippen LogP contribution is -2.38. The lowest BCUT2D eigenvalue weighted by atomic mass is 9.78. The van der Waals surface area contributed by atoms with Crippen molar-refractivity contribution in [2.75, 3.05) is 13.1 Å². The van der Waals surface area contributed by atoms with Crippen LogP contribution >= 0.6 is 0 Å². The van der Waals surface area contributed by atoms with Crippen LogP contribution in [0.3, 0.4) is 0 Å². The second-order valence-electron chi connectivity index (χ2n) is 7.43. The Kier molecular flexibility index (Phi) is 4.37. The molecule has 0 saturated carbocycles. The number of benzene rings is 1. The van der Waals surface area contributed by atoms with Crippen LogP contribution in [0.1, 0.15) is 30.9 Å². The molecular formula is C19H23N3O3. The van der Waals surface area contributed by atoms with Crippen LogP contribution in [-0.2, 0) is 11.3 Å². The number of carbonyl (C=O) groups is 1. The Morgan fingerprint density at radius 3 is 2.60 bits per heavy atom. The second kappa shape index (κ2) is 6.35. The van der Waals surface area contributed by atoms with E-state index >= 15 is 0 Å². The largest absolute Gasteiger partial charge is 0.340 e. The van der Waals surface area contributed by atoms with Crippen LogP contribution in [0.4, 0.5) is 0 Å². The first-order valence-electron chi connectivity index (χ1n) is 8.41. The number of hydrogen-bond donors (Lipinski definition) is 1. The fourth-order valence-electron chi connectivity index (χ4n) is 3.55. The van der Waals surface area contributed by atoms with Gasteiger partial charge in [-0.15, -0.1) is 0 Å². The number of rotatable bonds is 3. The van der Waals surface area contributed by atoms with Gasteiger partial charge < -0.3 is 4.90 Å². The van der Waals surface area contributed by atoms with E-state index in [2.05, 4.69) is 31.0 Å². The van der Waals surface area contributed by atoms with Gasteiger partial charge >= 0.3 is 5.69 Å². The van der Waals surface area contributed by atoms with Crippen LogP contribution in [0.5, 0.6) is 0 Å². The van der Waals surface area contributed by atoms with Crippen LogP contribution in [-0.4, -0.2) is 33.4 Å². The summed E-state index contributed by atoms with van der Waals surface area (Å²) in [5.74, 6) is 0.145. The van der Waals surface area contributed by atoms with Crippen LogP contribution in [0.15, 0.2) is 46.1 Å². The predicted octanol–water partition coefficient (Wildman–Crippen LogP) is 1.50. The normalized spacial score (nSPS) is 19.2. The zero-order valence-corrected chi connectivity index (χ0v) is 14.8. The van der Waals surface area contributed by atoms with Crippen molar-refractivity contribution >= 4 is 5.91 Å². The molecule has 1 atom stereocenters. The fourth-order valence-corrected chi connectivity index (χ4v) is 3.55. The lowest BCUT2D eigenvalue weighted by molar-refractivity contribution is -0.131. The van der Waals surface area contributed by atoms with Gasteiger partial charge in [-0.2, -0.15) is 0 Å². The quantitative estimate of drug-likeness (QED) is 0.919. The van der Waals surface area contributed by atoms with Crippen LogP contribution in [0.2, 0.25) is 0 Å². The number of amides is 1. The molecule has 0 radical (unpaired) electrons. The van der Waals surface area contributed by atoms with E-state index in [4.69, 9.17) is 0 Å². The SMILES string of the molecule is Cc1cn(CC(=O)N2C[C@@H](c3ccccc3)C(C)(C)C2)c(=O)[nH]c1=O. The highest BCUT2D eigenvalue weighted by molar-refractivity contribution is 5.76. The number of nitrogens with zero attached hydrogens (tertiary/aromatic N) is 2. The van der Waals surface area contributed by atoms with Crippen LogP contribution < -0.4 is 11.2 Å². The summed E-state index contributed by atoms with van der Waals surface area (Å²) in [4.78, 5) is 40.1. The molecule has 1 amide bonds. The predicted molar refractivity (Wildman–Crippen MR) is 95.6 cm³/mol. The van der Waals surface area contributed by atoms with Gasteiger partial charge in [0.25, 0.3) is 5.56 Å². The van der Waals surface area contributed by atoms with Crippen molar-refractivity contribution in [2.24, 2.45) is 5.41 Å². The van der Waals surface area contributed by atoms with Gasteiger partial charge in [0.15, 0.2) is 0 Å². The van der Waals surface area contributed by atoms with E-state index in [0.29, 0.717) is 18.7 Å². The van der Waals surface area contributed by atoms with Crippen molar-refractivity contribution in [3.63, 3.8) is 0 Å². The third-order valence-corrected chi connectivity index (χ3v) is 4.99. The van der Waals surface area contributed by atoms with Crippen molar-refractivity contribution in [2.45, 2.75) is 33.2 Å². The van der Waals surface area contributed by atoms with E-state index < -0.39 is 11.2 Å². The van der Waals surface area contributed by atoms with Gasteiger partial charge in [0.1, 0.15) is 6.54 Å². The van der Waals surface area contributed by atoms with Gasteiger partial charge in [0.2, 0.25) is 5.91 Å². The van der Waals surface area contributed by atoms with Gasteiger partial charge in [0.05, 0.1) is 0 Å². The van der Waals surface area contributed by atoms with Crippen molar-refractivity contribution < 1.29 is 4.79 Å². The number of nitrogens with one attached hydrogen (secondary N) is 1. The number of aromatic nitrogens is 2. The van der Waals surface area contributed by atoms with Crippen molar-refractivity contribution in [3.8, 4) is 0 Å². The summed E-state index contributed by atoms with van der Waals surface area (Å²) >= 11 is 0. The molecule has 1 aromatic carbocycles. The number of aromatic amines is 1. The molecule has 1 aliphatic rings. The third kappa shape index (κ3) is 3.43. The molecule has 0 bridgehead atoms. The molecule has 2 heterocycles. The summed E-state index contributed by atoms with van der Waals surface area (Å²) in [7, 11) is 0. The van der Waals surface area contributed by atoms with E-state index in [0.717, 1.165) is 0 Å². The highest BCUT2D eigenvalue weighted by Gasteiger charge is 2.41. The number of H-pyrrole nitrogens is 1.